The molecule has 0 atom stereocenters. The standard InChI is InChI=1S/C29H32N4O3.ClH/c1-19-8-11-25-22(16-19)18-36-29(35)33(25)23-12-14-32(15-13-23)17-26(34)31-24-10-9-20(2)27(28(24)30)21-6-4-3-5-7-21;/h3-11,16,23H,12-15,17-18,30H2,1-2H3,(H,31,34);1H. The monoisotopic (exact) mass is 520 g/mol. The maximum absolute atomic E-state index is 12.9. The van der Waals surface area contributed by atoms with Crippen molar-refractivity contribution in [2.45, 2.75) is 39.3 Å². The molecule has 0 bridgehead atoms. The number of nitrogens with zero attached hydrogens (tertiary/aromatic N) is 2. The molecule has 2 amide bonds. The number of amides is 2. The summed E-state index contributed by atoms with van der Waals surface area (Å²) in [5.41, 5.74) is 13.9. The molecule has 37 heavy (non-hydrogen) atoms. The van der Waals surface area contributed by atoms with Crippen LogP contribution in [0.3, 0.4) is 0 Å². The summed E-state index contributed by atoms with van der Waals surface area (Å²) in [5, 5.41) is 3.00. The molecule has 3 aromatic carbocycles. The Bertz CT molecular complexity index is 1290. The number of nitrogens with two attached hydrogens (primary N) is 1. The first-order valence-electron chi connectivity index (χ1n) is 12.4. The molecule has 0 spiro atoms. The van der Waals surface area contributed by atoms with E-state index in [1.807, 2.05) is 68.4 Å². The van der Waals surface area contributed by atoms with Crippen molar-refractivity contribution >= 4 is 41.5 Å². The third kappa shape index (κ3) is 5.58. The van der Waals surface area contributed by atoms with E-state index in [9.17, 15) is 9.59 Å². The highest BCUT2D eigenvalue weighted by Gasteiger charge is 2.34. The van der Waals surface area contributed by atoms with E-state index < -0.39 is 0 Å². The van der Waals surface area contributed by atoms with Gasteiger partial charge in [-0.3, -0.25) is 14.6 Å². The number of cyclic esters (lactones) is 1. The lowest BCUT2D eigenvalue weighted by molar-refractivity contribution is -0.117. The Balaban J connectivity index is 0.00000320. The van der Waals surface area contributed by atoms with Crippen LogP contribution in [0.15, 0.2) is 60.7 Å². The number of ether oxygens (including phenoxy) is 1. The van der Waals surface area contributed by atoms with Crippen molar-refractivity contribution < 1.29 is 14.3 Å². The molecule has 1 saturated heterocycles. The van der Waals surface area contributed by atoms with E-state index in [0.717, 1.165) is 59.4 Å². The largest absolute Gasteiger partial charge is 0.444 e. The van der Waals surface area contributed by atoms with Crippen molar-refractivity contribution in [1.29, 1.82) is 0 Å². The average molecular weight is 521 g/mol. The van der Waals surface area contributed by atoms with Gasteiger partial charge in [-0.25, -0.2) is 4.79 Å². The lowest BCUT2D eigenvalue weighted by Crippen LogP contribution is -2.50. The predicted molar refractivity (Wildman–Crippen MR) is 150 cm³/mol. The Morgan fingerprint density at radius 3 is 2.51 bits per heavy atom. The molecule has 3 N–H and O–H groups in total. The number of fused-ring (bicyclic) bond motifs is 1. The molecule has 8 heteroatoms. The van der Waals surface area contributed by atoms with Gasteiger partial charge in [-0.1, -0.05) is 54.1 Å². The first-order chi connectivity index (χ1) is 17.4. The van der Waals surface area contributed by atoms with Gasteiger partial charge in [0, 0.05) is 30.3 Å². The molecule has 0 radical (unpaired) electrons. The molecule has 3 aromatic rings. The van der Waals surface area contributed by atoms with E-state index >= 15 is 0 Å². The highest BCUT2D eigenvalue weighted by atomic mass is 35.5. The molecule has 2 aliphatic heterocycles. The van der Waals surface area contributed by atoms with Crippen LogP contribution in [0.2, 0.25) is 0 Å². The highest BCUT2D eigenvalue weighted by Crippen LogP contribution is 2.35. The Morgan fingerprint density at radius 1 is 1.05 bits per heavy atom. The van der Waals surface area contributed by atoms with Gasteiger partial charge in [-0.05, 0) is 49.9 Å². The quantitative estimate of drug-likeness (QED) is 0.432. The third-order valence-electron chi connectivity index (χ3n) is 7.12. The fourth-order valence-electron chi connectivity index (χ4n) is 5.27. The molecular weight excluding hydrogens is 488 g/mol. The number of likely N-dealkylation sites (tertiary alicyclic amines) is 1. The number of nitrogens with one attached hydrogen (secondary N) is 1. The van der Waals surface area contributed by atoms with Crippen LogP contribution in [-0.2, 0) is 16.1 Å². The van der Waals surface area contributed by atoms with E-state index in [1.165, 1.54) is 0 Å². The topological polar surface area (TPSA) is 87.9 Å². The second-order valence-electron chi connectivity index (χ2n) is 9.70. The number of hydrogen-bond donors (Lipinski definition) is 2. The second-order valence-corrected chi connectivity index (χ2v) is 9.70. The summed E-state index contributed by atoms with van der Waals surface area (Å²) < 4.78 is 5.44. The zero-order valence-corrected chi connectivity index (χ0v) is 22.0. The summed E-state index contributed by atoms with van der Waals surface area (Å²) in [6, 6.07) is 20.0. The molecule has 1 fully saturated rings. The van der Waals surface area contributed by atoms with Crippen LogP contribution in [0, 0.1) is 13.8 Å². The summed E-state index contributed by atoms with van der Waals surface area (Å²) >= 11 is 0. The Kier molecular flexibility index (Phi) is 8.05. The first-order valence-corrected chi connectivity index (χ1v) is 12.4. The van der Waals surface area contributed by atoms with E-state index in [4.69, 9.17) is 10.5 Å². The van der Waals surface area contributed by atoms with Crippen LogP contribution in [0.1, 0.15) is 29.5 Å². The van der Waals surface area contributed by atoms with Crippen LogP contribution in [0.5, 0.6) is 0 Å². The summed E-state index contributed by atoms with van der Waals surface area (Å²) in [7, 11) is 0. The molecule has 5 rings (SSSR count). The SMILES string of the molecule is Cc1ccc2c(c1)COC(=O)N2C1CCN(CC(=O)Nc2ccc(C)c(-c3ccccc3)c2N)CC1.Cl. The van der Waals surface area contributed by atoms with Gasteiger partial charge in [0.05, 0.1) is 23.6 Å². The van der Waals surface area contributed by atoms with Crippen molar-refractivity contribution in [3.05, 3.63) is 77.4 Å². The van der Waals surface area contributed by atoms with Gasteiger partial charge in [0.25, 0.3) is 0 Å². The second kappa shape index (κ2) is 11.2. The van der Waals surface area contributed by atoms with E-state index in [2.05, 4.69) is 16.3 Å². The van der Waals surface area contributed by atoms with E-state index in [0.29, 0.717) is 18.0 Å². The smallest absolute Gasteiger partial charge is 0.414 e. The molecular formula is C29H33ClN4O3. The normalized spacial score (nSPS) is 15.9. The lowest BCUT2D eigenvalue weighted by atomic mass is 9.97. The van der Waals surface area contributed by atoms with Crippen molar-refractivity contribution in [2.75, 3.05) is 35.6 Å². The van der Waals surface area contributed by atoms with Gasteiger partial charge in [-0.15, -0.1) is 12.4 Å². The summed E-state index contributed by atoms with van der Waals surface area (Å²) in [5.74, 6) is -0.0961. The Labute approximate surface area is 224 Å². The molecule has 7 nitrogen and oxygen atoms in total. The van der Waals surface area contributed by atoms with Gasteiger partial charge in [0.1, 0.15) is 6.61 Å². The number of carbonyl (C=O) groups excluding carboxylic acids is 2. The van der Waals surface area contributed by atoms with E-state index in [-0.39, 0.29) is 37.0 Å². The Hall–Kier alpha value is -3.55. The van der Waals surface area contributed by atoms with Crippen LogP contribution < -0.4 is 16.0 Å². The van der Waals surface area contributed by atoms with E-state index in [1.54, 1.807) is 4.90 Å². The lowest BCUT2D eigenvalue weighted by Gasteiger charge is -2.40. The first kappa shape index (κ1) is 26.5. The van der Waals surface area contributed by atoms with Crippen molar-refractivity contribution in [2.24, 2.45) is 0 Å². The fraction of sp³-hybridized carbons (Fsp3) is 0.310. The fourth-order valence-corrected chi connectivity index (χ4v) is 5.27. The number of benzene rings is 3. The molecule has 2 heterocycles. The maximum atomic E-state index is 12.9. The summed E-state index contributed by atoms with van der Waals surface area (Å²) in [6.07, 6.45) is 1.27. The van der Waals surface area contributed by atoms with Gasteiger partial charge < -0.3 is 15.8 Å². The molecule has 0 unspecified atom stereocenters. The zero-order valence-electron chi connectivity index (χ0n) is 21.2. The minimum absolute atomic E-state index is 0. The number of piperidine rings is 1. The van der Waals surface area contributed by atoms with Crippen molar-refractivity contribution in [3.8, 4) is 11.1 Å². The number of halogens is 1. The summed E-state index contributed by atoms with van der Waals surface area (Å²) in [6.45, 7) is 6.10. The molecule has 2 aliphatic rings. The van der Waals surface area contributed by atoms with Gasteiger partial charge in [0.15, 0.2) is 0 Å². The van der Waals surface area contributed by atoms with Crippen LogP contribution in [-0.4, -0.2) is 42.6 Å². The number of nitrogen functional groups attached to an aromatic ring is 1. The van der Waals surface area contributed by atoms with Gasteiger partial charge >= 0.3 is 6.09 Å². The Morgan fingerprint density at radius 2 is 1.78 bits per heavy atom. The molecule has 0 saturated carbocycles. The van der Waals surface area contributed by atoms with Crippen molar-refractivity contribution in [1.82, 2.24) is 4.90 Å². The number of hydrogen-bond acceptors (Lipinski definition) is 5. The number of carbonyl (C=O) groups is 2. The minimum atomic E-state index is -0.286. The highest BCUT2D eigenvalue weighted by molar-refractivity contribution is 5.99. The maximum Gasteiger partial charge on any atom is 0.414 e. The molecule has 0 aliphatic carbocycles. The van der Waals surface area contributed by atoms with Crippen LogP contribution in [0.4, 0.5) is 21.9 Å². The summed E-state index contributed by atoms with van der Waals surface area (Å²) in [4.78, 5) is 29.4. The number of rotatable bonds is 5. The molecule has 0 aromatic heterocycles. The van der Waals surface area contributed by atoms with Crippen molar-refractivity contribution in [3.63, 3.8) is 0 Å². The minimum Gasteiger partial charge on any atom is -0.444 e. The zero-order chi connectivity index (χ0) is 25.2. The third-order valence-corrected chi connectivity index (χ3v) is 7.12. The van der Waals surface area contributed by atoms with Gasteiger partial charge in [0.2, 0.25) is 5.91 Å². The van der Waals surface area contributed by atoms with Crippen LogP contribution >= 0.6 is 12.4 Å². The van der Waals surface area contributed by atoms with Gasteiger partial charge in [-0.2, -0.15) is 0 Å². The number of aryl methyl sites for hydroxylation is 2. The van der Waals surface area contributed by atoms with Crippen LogP contribution in [0.25, 0.3) is 11.1 Å². The number of anilines is 3. The molecule has 194 valence electrons. The average Bonchev–Trinajstić information content (AvgIpc) is 2.87. The predicted octanol–water partition coefficient (Wildman–Crippen LogP) is 5.53.